The lowest BCUT2D eigenvalue weighted by molar-refractivity contribution is 0.0743. The standard InChI is InChI=1S/C20H16BrF3N2O2/c1-10(26(2)20(27)11-4-5-15(21)16(22)6-11)14-9-25-19(28-3)13-8-18(24)17(23)7-12(13)14/h4-10H,1-3H3/t10-/m0/s1. The first-order valence-electron chi connectivity index (χ1n) is 8.28. The molecule has 1 aromatic heterocycles. The molecular formula is C20H16BrF3N2O2. The van der Waals surface area contributed by atoms with E-state index in [4.69, 9.17) is 4.74 Å². The fourth-order valence-corrected chi connectivity index (χ4v) is 3.19. The second-order valence-corrected chi connectivity index (χ2v) is 7.11. The van der Waals surface area contributed by atoms with Crippen molar-refractivity contribution in [2.24, 2.45) is 0 Å². The van der Waals surface area contributed by atoms with Gasteiger partial charge in [0.15, 0.2) is 11.6 Å². The largest absolute Gasteiger partial charge is 0.481 e. The normalized spacial score (nSPS) is 12.1. The lowest BCUT2D eigenvalue weighted by Gasteiger charge is -2.26. The van der Waals surface area contributed by atoms with Gasteiger partial charge in [-0.05, 0) is 58.6 Å². The number of nitrogens with zero attached hydrogens (tertiary/aromatic N) is 2. The summed E-state index contributed by atoms with van der Waals surface area (Å²) in [5.41, 5.74) is 0.668. The van der Waals surface area contributed by atoms with E-state index < -0.39 is 29.4 Å². The third-order valence-corrected chi connectivity index (χ3v) is 5.28. The molecule has 146 valence electrons. The third kappa shape index (κ3) is 3.56. The van der Waals surface area contributed by atoms with E-state index in [1.54, 1.807) is 14.0 Å². The third-order valence-electron chi connectivity index (χ3n) is 4.63. The molecule has 0 fully saturated rings. The van der Waals surface area contributed by atoms with Gasteiger partial charge in [-0.1, -0.05) is 0 Å². The molecule has 0 radical (unpaired) electrons. The van der Waals surface area contributed by atoms with Crippen LogP contribution in [0, 0.1) is 17.5 Å². The molecule has 4 nitrogen and oxygen atoms in total. The number of hydrogen-bond donors (Lipinski definition) is 0. The first kappa shape index (κ1) is 20.1. The summed E-state index contributed by atoms with van der Waals surface area (Å²) in [7, 11) is 2.92. The molecule has 0 aliphatic rings. The van der Waals surface area contributed by atoms with Gasteiger partial charge in [0.25, 0.3) is 5.91 Å². The molecule has 1 amide bonds. The number of pyridine rings is 1. The highest BCUT2D eigenvalue weighted by Crippen LogP contribution is 2.33. The minimum atomic E-state index is -1.02. The highest BCUT2D eigenvalue weighted by molar-refractivity contribution is 9.10. The maximum absolute atomic E-state index is 13.9. The molecule has 0 saturated heterocycles. The summed E-state index contributed by atoms with van der Waals surface area (Å²) in [6.45, 7) is 1.72. The van der Waals surface area contributed by atoms with Crippen molar-refractivity contribution >= 4 is 32.6 Å². The Hall–Kier alpha value is -2.61. The maximum Gasteiger partial charge on any atom is 0.254 e. The number of carbonyl (C=O) groups excluding carboxylic acids is 1. The zero-order chi connectivity index (χ0) is 20.6. The van der Waals surface area contributed by atoms with Crippen LogP contribution in [0.15, 0.2) is 41.0 Å². The Morgan fingerprint density at radius 1 is 1.11 bits per heavy atom. The fourth-order valence-electron chi connectivity index (χ4n) is 2.94. The molecule has 3 aromatic rings. The van der Waals surface area contributed by atoms with Gasteiger partial charge < -0.3 is 9.64 Å². The zero-order valence-electron chi connectivity index (χ0n) is 15.3. The maximum atomic E-state index is 13.9. The summed E-state index contributed by atoms with van der Waals surface area (Å²) in [6, 6.07) is 5.60. The number of methoxy groups -OCH3 is 1. The summed E-state index contributed by atoms with van der Waals surface area (Å²) < 4.78 is 46.8. The molecule has 1 atom stereocenters. The lowest BCUT2D eigenvalue weighted by atomic mass is 10.0. The molecule has 2 aromatic carbocycles. The van der Waals surface area contributed by atoms with Crippen molar-refractivity contribution < 1.29 is 22.7 Å². The van der Waals surface area contributed by atoms with Gasteiger partial charge in [0.05, 0.1) is 17.6 Å². The Morgan fingerprint density at radius 3 is 2.36 bits per heavy atom. The molecule has 0 bridgehead atoms. The molecule has 28 heavy (non-hydrogen) atoms. The van der Waals surface area contributed by atoms with Crippen molar-refractivity contribution in [3.63, 3.8) is 0 Å². The molecule has 0 spiro atoms. The number of hydrogen-bond acceptors (Lipinski definition) is 3. The van der Waals surface area contributed by atoms with Gasteiger partial charge in [-0.25, -0.2) is 18.2 Å². The smallest absolute Gasteiger partial charge is 0.254 e. The molecule has 8 heteroatoms. The Kier molecular flexibility index (Phi) is 5.60. The van der Waals surface area contributed by atoms with Crippen molar-refractivity contribution in [2.45, 2.75) is 13.0 Å². The van der Waals surface area contributed by atoms with Gasteiger partial charge in [0.1, 0.15) is 5.82 Å². The van der Waals surface area contributed by atoms with E-state index in [0.717, 1.165) is 18.2 Å². The van der Waals surface area contributed by atoms with E-state index >= 15 is 0 Å². The van der Waals surface area contributed by atoms with Crippen molar-refractivity contribution in [2.75, 3.05) is 14.2 Å². The first-order chi connectivity index (χ1) is 13.2. The topological polar surface area (TPSA) is 42.4 Å². The lowest BCUT2D eigenvalue weighted by Crippen LogP contribution is -2.30. The van der Waals surface area contributed by atoms with Crippen molar-refractivity contribution in [1.82, 2.24) is 9.88 Å². The van der Waals surface area contributed by atoms with Gasteiger partial charge in [-0.3, -0.25) is 4.79 Å². The van der Waals surface area contributed by atoms with Crippen LogP contribution in [-0.4, -0.2) is 29.9 Å². The average molecular weight is 453 g/mol. The summed E-state index contributed by atoms with van der Waals surface area (Å²) in [5, 5.41) is 0.668. The average Bonchev–Trinajstić information content (AvgIpc) is 2.68. The highest BCUT2D eigenvalue weighted by Gasteiger charge is 2.23. The van der Waals surface area contributed by atoms with Crippen LogP contribution in [0.5, 0.6) is 5.88 Å². The van der Waals surface area contributed by atoms with Crippen LogP contribution >= 0.6 is 15.9 Å². The predicted molar refractivity (Wildman–Crippen MR) is 103 cm³/mol. The molecule has 3 rings (SSSR count). The number of amides is 1. The molecule has 0 aliphatic heterocycles. The summed E-state index contributed by atoms with van der Waals surface area (Å²) in [4.78, 5) is 18.3. The molecule has 0 N–H and O–H groups in total. The van der Waals surface area contributed by atoms with Gasteiger partial charge in [0, 0.05) is 29.8 Å². The number of fused-ring (bicyclic) bond motifs is 1. The monoisotopic (exact) mass is 452 g/mol. The van der Waals surface area contributed by atoms with Gasteiger partial charge in [0.2, 0.25) is 5.88 Å². The van der Waals surface area contributed by atoms with E-state index in [-0.39, 0.29) is 15.9 Å². The summed E-state index contributed by atoms with van der Waals surface area (Å²) >= 11 is 3.05. The molecule has 0 unspecified atom stereocenters. The number of carbonyl (C=O) groups is 1. The van der Waals surface area contributed by atoms with Gasteiger partial charge in [-0.15, -0.1) is 0 Å². The quantitative estimate of drug-likeness (QED) is 0.542. The predicted octanol–water partition coefficient (Wildman–Crippen LogP) is 5.26. The van der Waals surface area contributed by atoms with Crippen LogP contribution in [0.25, 0.3) is 10.8 Å². The van der Waals surface area contributed by atoms with E-state index in [0.29, 0.717) is 16.3 Å². The van der Waals surface area contributed by atoms with Crippen LogP contribution in [0.4, 0.5) is 13.2 Å². The van der Waals surface area contributed by atoms with Crippen LogP contribution in [-0.2, 0) is 0 Å². The van der Waals surface area contributed by atoms with Crippen molar-refractivity contribution in [1.29, 1.82) is 0 Å². The number of ether oxygens (including phenoxy) is 1. The van der Waals surface area contributed by atoms with Crippen molar-refractivity contribution in [3.8, 4) is 5.88 Å². The first-order valence-corrected chi connectivity index (χ1v) is 9.07. The number of halogens is 4. The Morgan fingerprint density at radius 2 is 1.75 bits per heavy atom. The molecule has 1 heterocycles. The van der Waals surface area contributed by atoms with Gasteiger partial charge in [-0.2, -0.15) is 0 Å². The SMILES string of the molecule is COc1ncc([C@H](C)N(C)C(=O)c2ccc(Br)c(F)c2)c2cc(F)c(F)cc12. The van der Waals surface area contributed by atoms with Crippen LogP contribution in [0.1, 0.15) is 28.9 Å². The second kappa shape index (κ2) is 7.79. The van der Waals surface area contributed by atoms with E-state index in [9.17, 15) is 18.0 Å². The number of benzene rings is 2. The highest BCUT2D eigenvalue weighted by atomic mass is 79.9. The minimum absolute atomic E-state index is 0.147. The van der Waals surface area contributed by atoms with E-state index in [1.807, 2.05) is 0 Å². The van der Waals surface area contributed by atoms with E-state index in [2.05, 4.69) is 20.9 Å². The van der Waals surface area contributed by atoms with Crippen molar-refractivity contribution in [3.05, 3.63) is 69.6 Å². The van der Waals surface area contributed by atoms with Gasteiger partial charge >= 0.3 is 0 Å². The summed E-state index contributed by atoms with van der Waals surface area (Å²) in [5.74, 6) is -2.87. The molecular weight excluding hydrogens is 437 g/mol. The number of rotatable bonds is 4. The molecule has 0 aliphatic carbocycles. The summed E-state index contributed by atoms with van der Waals surface area (Å²) in [6.07, 6.45) is 1.45. The molecule has 0 saturated carbocycles. The zero-order valence-corrected chi connectivity index (χ0v) is 16.9. The van der Waals surface area contributed by atoms with Crippen LogP contribution in [0.3, 0.4) is 0 Å². The fraction of sp³-hybridized carbons (Fsp3) is 0.200. The Bertz CT molecular complexity index is 1070. The second-order valence-electron chi connectivity index (χ2n) is 6.26. The van der Waals surface area contributed by atoms with Crippen LogP contribution in [0.2, 0.25) is 0 Å². The Labute approximate surface area is 168 Å². The number of aromatic nitrogens is 1. The Balaban J connectivity index is 2.04. The van der Waals surface area contributed by atoms with Crippen LogP contribution < -0.4 is 4.74 Å². The minimum Gasteiger partial charge on any atom is -0.481 e. The van der Waals surface area contributed by atoms with E-state index in [1.165, 1.54) is 30.3 Å².